The van der Waals surface area contributed by atoms with Crippen molar-refractivity contribution in [2.75, 3.05) is 12.8 Å². The number of thiazole rings is 1. The number of hydrogen-bond acceptors (Lipinski definition) is 10. The van der Waals surface area contributed by atoms with E-state index in [0.717, 1.165) is 34.9 Å². The minimum atomic E-state index is -3.90. The summed E-state index contributed by atoms with van der Waals surface area (Å²) in [5.74, 6) is -1.89. The number of ether oxygens (including phenoxy) is 1. The molecule has 0 unspecified atom stereocenters. The van der Waals surface area contributed by atoms with E-state index in [-0.39, 0.29) is 44.1 Å². The molecule has 12 nitrogen and oxygen atoms in total. The van der Waals surface area contributed by atoms with E-state index >= 15 is 0 Å². The number of rotatable bonds is 9. The van der Waals surface area contributed by atoms with Crippen molar-refractivity contribution in [3.63, 3.8) is 0 Å². The number of hydrogen-bond donors (Lipinski definition) is 1. The van der Waals surface area contributed by atoms with Gasteiger partial charge in [-0.1, -0.05) is 78.8 Å². The van der Waals surface area contributed by atoms with Crippen molar-refractivity contribution in [2.45, 2.75) is 94.2 Å². The first kappa shape index (κ1) is 36.7. The monoisotopic (exact) mass is 768 g/mol. The van der Waals surface area contributed by atoms with Gasteiger partial charge in [-0.2, -0.15) is 4.31 Å². The predicted octanol–water partition coefficient (Wildman–Crippen LogP) is 4.57. The highest BCUT2D eigenvalue weighted by Crippen LogP contribution is 2.57. The highest BCUT2D eigenvalue weighted by atomic mass is 32.2. The maximum absolute atomic E-state index is 14.8. The van der Waals surface area contributed by atoms with Crippen molar-refractivity contribution in [3.05, 3.63) is 72.3 Å². The first-order chi connectivity index (χ1) is 24.8. The Morgan fingerprint density at radius 2 is 1.77 bits per heavy atom. The number of sulfonamides is 2. The van der Waals surface area contributed by atoms with Gasteiger partial charge in [0.2, 0.25) is 31.9 Å². The lowest BCUT2D eigenvalue weighted by atomic mass is 9.91. The van der Waals surface area contributed by atoms with Gasteiger partial charge >= 0.3 is 0 Å². The number of para-hydroxylation sites is 1. The van der Waals surface area contributed by atoms with Gasteiger partial charge in [-0.05, 0) is 62.1 Å². The Kier molecular flexibility index (Phi) is 10.3. The van der Waals surface area contributed by atoms with Gasteiger partial charge in [-0.15, -0.1) is 0 Å². The average molecular weight is 769 g/mol. The molecule has 2 amide bonds. The summed E-state index contributed by atoms with van der Waals surface area (Å²) in [7, 11) is -7.76. The van der Waals surface area contributed by atoms with Crippen LogP contribution in [0.5, 0.6) is 5.19 Å². The molecule has 7 rings (SSSR count). The molecule has 1 aromatic heterocycles. The summed E-state index contributed by atoms with van der Waals surface area (Å²) in [6, 6.07) is 14.6. The number of amides is 2. The molecule has 2 aliphatic carbocycles. The molecule has 3 aromatic rings. The average Bonchev–Trinajstić information content (AvgIpc) is 3.99. The van der Waals surface area contributed by atoms with Crippen molar-refractivity contribution in [1.82, 2.24) is 18.9 Å². The fourth-order valence-corrected chi connectivity index (χ4v) is 10.9. The number of carbonyl (C=O) groups excluding carboxylic acids is 3. The van der Waals surface area contributed by atoms with E-state index in [2.05, 4.69) is 9.71 Å². The molecule has 2 aliphatic heterocycles. The summed E-state index contributed by atoms with van der Waals surface area (Å²) in [5.41, 5.74) is 0.220. The van der Waals surface area contributed by atoms with Gasteiger partial charge in [-0.3, -0.25) is 19.1 Å². The number of carbonyl (C=O) groups is 3. The van der Waals surface area contributed by atoms with Gasteiger partial charge in [0.1, 0.15) is 12.1 Å². The molecule has 2 saturated carbocycles. The SMILES string of the molecule is CS(=O)(=O)N(Cc1ccccc1)[C@H]1CCCCC/C=C\[C@@H]2C[C@@]2(C(=O)NS(=O)(=O)C2CC2)CC(=O)[C@@H]2C[C@@H](Oc3nc4ccccc4s3)CN2C1=O. The van der Waals surface area contributed by atoms with Crippen LogP contribution in [0.15, 0.2) is 66.7 Å². The molecule has 3 fully saturated rings. The van der Waals surface area contributed by atoms with Gasteiger partial charge in [-0.25, -0.2) is 21.8 Å². The number of nitrogens with one attached hydrogen (secondary N) is 1. The smallest absolute Gasteiger partial charge is 0.274 e. The molecule has 0 spiro atoms. The first-order valence-corrected chi connectivity index (χ1v) is 22.1. The zero-order chi connectivity index (χ0) is 36.7. The fraction of sp³-hybridized carbons (Fsp3) is 0.514. The van der Waals surface area contributed by atoms with Gasteiger partial charge in [0.25, 0.3) is 5.19 Å². The van der Waals surface area contributed by atoms with Gasteiger partial charge in [0, 0.05) is 19.4 Å². The summed E-state index contributed by atoms with van der Waals surface area (Å²) in [5, 5.41) is -0.215. The van der Waals surface area contributed by atoms with Crippen LogP contribution in [-0.2, 0) is 41.0 Å². The van der Waals surface area contributed by atoms with Crippen LogP contribution in [0.2, 0.25) is 0 Å². The number of aromatic nitrogens is 1. The molecule has 278 valence electrons. The van der Waals surface area contributed by atoms with E-state index in [4.69, 9.17) is 4.74 Å². The third-order valence-corrected chi connectivity index (χ3v) is 14.7. The summed E-state index contributed by atoms with van der Waals surface area (Å²) >= 11 is 1.35. The lowest BCUT2D eigenvalue weighted by Crippen LogP contribution is -2.53. The molecule has 5 atom stereocenters. The number of ketones is 1. The normalized spacial score (nSPS) is 28.1. The van der Waals surface area contributed by atoms with E-state index in [9.17, 15) is 31.2 Å². The van der Waals surface area contributed by atoms with E-state index in [0.29, 0.717) is 37.3 Å². The molecule has 1 N–H and O–H groups in total. The number of allylic oxidation sites excluding steroid dienone is 2. The van der Waals surface area contributed by atoms with Crippen LogP contribution in [-0.4, -0.2) is 84.9 Å². The summed E-state index contributed by atoms with van der Waals surface area (Å²) in [4.78, 5) is 49.1. The standard InChI is InChI=1S/C37H44N4O8S3/c1-51(45,46)41(23-25-12-6-5-7-13-25)30-16-9-4-2-3-8-14-26-21-37(26,35(44)39-52(47,48)28-18-19-28)22-32(42)31-20-27(24-40(31)34(30)43)49-36-38-29-15-10-11-17-33(29)50-36/h5-8,10-15,17,26-28,30-31H,2-4,9,16,18-24H2,1H3,(H,39,44)/b14-8-/t26-,27-,30+,31+,37-/m1/s1. The summed E-state index contributed by atoms with van der Waals surface area (Å²) in [6.07, 6.45) is 8.55. The van der Waals surface area contributed by atoms with Crippen molar-refractivity contribution in [3.8, 4) is 5.19 Å². The highest BCUT2D eigenvalue weighted by molar-refractivity contribution is 7.91. The Bertz CT molecular complexity index is 2050. The van der Waals surface area contributed by atoms with E-state index < -0.39 is 60.7 Å². The number of Topliss-reactive ketones (excluding diaryl/α,β-unsaturated/α-hetero) is 1. The van der Waals surface area contributed by atoms with E-state index in [1.165, 1.54) is 20.5 Å². The number of benzene rings is 2. The maximum Gasteiger partial charge on any atom is 0.274 e. The van der Waals surface area contributed by atoms with Crippen LogP contribution in [0, 0.1) is 11.3 Å². The molecule has 52 heavy (non-hydrogen) atoms. The first-order valence-electron chi connectivity index (χ1n) is 17.9. The van der Waals surface area contributed by atoms with Gasteiger partial charge in [0.05, 0.1) is 39.7 Å². The molecule has 4 aliphatic rings. The molecule has 0 bridgehead atoms. The molecule has 0 radical (unpaired) electrons. The summed E-state index contributed by atoms with van der Waals surface area (Å²) in [6.45, 7) is 0.000521. The predicted molar refractivity (Wildman–Crippen MR) is 197 cm³/mol. The molecular weight excluding hydrogens is 725 g/mol. The minimum absolute atomic E-state index is 0.0165. The zero-order valence-corrected chi connectivity index (χ0v) is 31.5. The van der Waals surface area contributed by atoms with Gasteiger partial charge in [0.15, 0.2) is 5.78 Å². The van der Waals surface area contributed by atoms with Crippen LogP contribution in [0.25, 0.3) is 10.2 Å². The fourth-order valence-electron chi connectivity index (χ4n) is 7.57. The quantitative estimate of drug-likeness (QED) is 0.308. The second-order valence-corrected chi connectivity index (χ2v) is 19.5. The topological polar surface area (TPSA) is 160 Å². The van der Waals surface area contributed by atoms with Gasteiger partial charge < -0.3 is 9.64 Å². The largest absolute Gasteiger partial charge is 0.465 e. The maximum atomic E-state index is 14.8. The van der Waals surface area contributed by atoms with E-state index in [1.54, 1.807) is 0 Å². The van der Waals surface area contributed by atoms with Crippen LogP contribution in [0.1, 0.15) is 69.8 Å². The molecule has 3 heterocycles. The second-order valence-electron chi connectivity index (χ2n) is 14.6. The van der Waals surface area contributed by atoms with Crippen LogP contribution >= 0.6 is 11.3 Å². The zero-order valence-electron chi connectivity index (χ0n) is 29.1. The Morgan fingerprint density at radius 1 is 1.02 bits per heavy atom. The number of fused-ring (bicyclic) bond motifs is 3. The minimum Gasteiger partial charge on any atom is -0.465 e. The van der Waals surface area contributed by atoms with Crippen molar-refractivity contribution in [2.24, 2.45) is 11.3 Å². The molecular formula is C37H44N4O8S3. The molecule has 2 aromatic carbocycles. The third kappa shape index (κ3) is 7.97. The van der Waals surface area contributed by atoms with E-state index in [1.807, 2.05) is 66.7 Å². The lowest BCUT2D eigenvalue weighted by Gasteiger charge is -2.34. The second kappa shape index (κ2) is 14.6. The van der Waals surface area contributed by atoms with Crippen LogP contribution in [0.4, 0.5) is 0 Å². The Labute approximate surface area is 308 Å². The van der Waals surface area contributed by atoms with Crippen molar-refractivity contribution >= 4 is 59.2 Å². The van der Waals surface area contributed by atoms with Crippen molar-refractivity contribution in [1.29, 1.82) is 0 Å². The third-order valence-electron chi connectivity index (χ3n) is 10.7. The lowest BCUT2D eigenvalue weighted by molar-refractivity contribution is -0.142. The Balaban J connectivity index is 1.22. The highest BCUT2D eigenvalue weighted by Gasteiger charge is 2.61. The van der Waals surface area contributed by atoms with Crippen LogP contribution in [0.3, 0.4) is 0 Å². The molecule has 1 saturated heterocycles. The number of nitrogens with zero attached hydrogens (tertiary/aromatic N) is 3. The van der Waals surface area contributed by atoms with Crippen LogP contribution < -0.4 is 9.46 Å². The summed E-state index contributed by atoms with van der Waals surface area (Å²) < 4.78 is 63.3. The Hall–Kier alpha value is -3.66. The van der Waals surface area contributed by atoms with Crippen molar-refractivity contribution < 1.29 is 36.0 Å². The molecule has 15 heteroatoms. The Morgan fingerprint density at radius 3 is 2.50 bits per heavy atom.